The predicted molar refractivity (Wildman–Crippen MR) is 155 cm³/mol. The van der Waals surface area contributed by atoms with Crippen LogP contribution in [0.3, 0.4) is 0 Å². The molecule has 22 nitrogen and oxygen atoms in total. The third kappa shape index (κ3) is 10.7. The van der Waals surface area contributed by atoms with Gasteiger partial charge in [-0.3, -0.25) is 14.4 Å². The monoisotopic (exact) mass is 717 g/mol. The molecule has 0 spiro atoms. The van der Waals surface area contributed by atoms with Crippen LogP contribution >= 0.6 is 0 Å². The lowest BCUT2D eigenvalue weighted by Gasteiger charge is -2.47. The maximum Gasteiger partial charge on any atom is 0.364 e. The molecule has 0 aromatic rings. The summed E-state index contributed by atoms with van der Waals surface area (Å²) in [6, 6.07) is -4.67. The summed E-state index contributed by atoms with van der Waals surface area (Å²) in [5.74, 6) is -7.11. The van der Waals surface area contributed by atoms with Gasteiger partial charge in [0.1, 0.15) is 61.0 Å². The number of rotatable bonds is 17. The van der Waals surface area contributed by atoms with E-state index >= 15 is 0 Å². The molecule has 0 unspecified atom stereocenters. The number of carbonyl (C=O) groups excluding carboxylic acids is 3. The van der Waals surface area contributed by atoms with Gasteiger partial charge >= 0.3 is 5.97 Å². The molecule has 0 aromatic heterocycles. The van der Waals surface area contributed by atoms with Crippen LogP contribution in [0.4, 0.5) is 0 Å². The lowest BCUT2D eigenvalue weighted by Crippen LogP contribution is -2.68. The molecule has 49 heavy (non-hydrogen) atoms. The van der Waals surface area contributed by atoms with Gasteiger partial charge in [0.15, 0.2) is 6.29 Å². The molecule has 284 valence electrons. The van der Waals surface area contributed by atoms with E-state index in [-0.39, 0.29) is 0 Å². The molecular formula is C27H47N3O19. The molecule has 2 aliphatic rings. The highest BCUT2D eigenvalue weighted by atomic mass is 16.7. The third-order valence-corrected chi connectivity index (χ3v) is 7.93. The Kier molecular flexibility index (Phi) is 16.1. The number of ether oxygens (including phenoxy) is 4. The maximum absolute atomic E-state index is 12.4. The molecule has 0 radical (unpaired) electrons. The zero-order valence-electron chi connectivity index (χ0n) is 26.8. The first-order chi connectivity index (χ1) is 22.8. The molecule has 0 bridgehead atoms. The van der Waals surface area contributed by atoms with Crippen molar-refractivity contribution in [2.24, 2.45) is 0 Å². The Morgan fingerprint density at radius 1 is 0.857 bits per heavy atom. The maximum atomic E-state index is 12.4. The van der Waals surface area contributed by atoms with Crippen LogP contribution in [0.2, 0.25) is 0 Å². The van der Waals surface area contributed by atoms with Gasteiger partial charge in [-0.25, -0.2) is 4.79 Å². The Morgan fingerprint density at radius 2 is 1.45 bits per heavy atom. The molecule has 2 fully saturated rings. The molecule has 14 N–H and O–H groups in total. The Bertz CT molecular complexity index is 1120. The van der Waals surface area contributed by atoms with E-state index in [1.807, 2.05) is 0 Å². The van der Waals surface area contributed by atoms with Crippen molar-refractivity contribution in [3.05, 3.63) is 0 Å². The van der Waals surface area contributed by atoms with Crippen molar-refractivity contribution in [2.45, 2.75) is 118 Å². The molecule has 2 heterocycles. The number of carboxylic acids is 1. The van der Waals surface area contributed by atoms with Crippen LogP contribution in [0.1, 0.15) is 27.2 Å². The molecule has 2 saturated heterocycles. The van der Waals surface area contributed by atoms with E-state index in [1.54, 1.807) is 0 Å². The van der Waals surface area contributed by atoms with Crippen molar-refractivity contribution >= 4 is 23.7 Å². The summed E-state index contributed by atoms with van der Waals surface area (Å²) in [7, 11) is 0. The molecule has 0 aliphatic carbocycles. The predicted octanol–water partition coefficient (Wildman–Crippen LogP) is -8.30. The standard InChI is InChI=1S/C27H47N3O19/c1-9(34)28-12(5-31)23(48-25-18(30-11(3)36)22(43)21(42)16(7-33)47-25)20(41)15(39)8-46-27(26(44)45)4-13(37)17(29-10(2)35)24(49-27)19(40)14(38)6-32/h12-25,31-33,37-43H,4-8H2,1-3H3,(H,28,34)(H,29,35)(H,30,36)(H,44,45)/t12-,13-,14+,15+,16+,17+,18+,19+,20-,21-,22+,23+,24+,25-,27+/m0/s1. The number of carboxylic acid groups (broad SMARTS) is 1. The van der Waals surface area contributed by atoms with Crippen LogP contribution in [0.25, 0.3) is 0 Å². The van der Waals surface area contributed by atoms with E-state index in [2.05, 4.69) is 16.0 Å². The summed E-state index contributed by atoms with van der Waals surface area (Å²) in [5, 5.41) is 120. The van der Waals surface area contributed by atoms with E-state index in [0.29, 0.717) is 0 Å². The van der Waals surface area contributed by atoms with Gasteiger partial charge < -0.3 is 91.1 Å². The van der Waals surface area contributed by atoms with Crippen LogP contribution in [0.5, 0.6) is 0 Å². The molecular weight excluding hydrogens is 670 g/mol. The fourth-order valence-corrected chi connectivity index (χ4v) is 5.46. The molecule has 0 saturated carbocycles. The zero-order chi connectivity index (χ0) is 37.4. The van der Waals surface area contributed by atoms with Crippen LogP contribution in [-0.2, 0) is 38.1 Å². The highest BCUT2D eigenvalue weighted by Gasteiger charge is 2.56. The zero-order valence-corrected chi connectivity index (χ0v) is 26.8. The number of carbonyl (C=O) groups is 4. The van der Waals surface area contributed by atoms with Crippen molar-refractivity contribution in [3.8, 4) is 0 Å². The van der Waals surface area contributed by atoms with Gasteiger partial charge in [-0.05, 0) is 0 Å². The molecule has 22 heteroatoms. The number of hydrogen-bond acceptors (Lipinski definition) is 18. The SMILES string of the molecule is CC(=O)N[C@H]1[C@H](O[C@@H]([C@@H](O)[C@H](O)CO[C@]2(C(=O)O)C[C@H](O)[C@@H](NC(C)=O)[C@H]([C@H](O)[C@H](O)CO)O2)[C@H](CO)NC(C)=O)O[C@H](CO)[C@H](O)[C@@H]1O. The second kappa shape index (κ2) is 18.5. The summed E-state index contributed by atoms with van der Waals surface area (Å²) in [6.45, 7) is -0.929. The summed E-state index contributed by atoms with van der Waals surface area (Å²) in [4.78, 5) is 47.9. The number of aliphatic carboxylic acids is 1. The first kappa shape index (κ1) is 42.5. The number of nitrogens with one attached hydrogen (secondary N) is 3. The number of amides is 3. The van der Waals surface area contributed by atoms with Gasteiger partial charge in [0, 0.05) is 27.2 Å². The average molecular weight is 718 g/mol. The molecule has 15 atom stereocenters. The minimum Gasteiger partial charge on any atom is -0.477 e. The first-order valence-electron chi connectivity index (χ1n) is 15.1. The normalized spacial score (nSPS) is 34.1. The third-order valence-electron chi connectivity index (χ3n) is 7.93. The van der Waals surface area contributed by atoms with E-state index in [4.69, 9.17) is 18.9 Å². The fourth-order valence-electron chi connectivity index (χ4n) is 5.46. The molecule has 0 aromatic carbocycles. The van der Waals surface area contributed by atoms with Crippen molar-refractivity contribution in [1.29, 1.82) is 0 Å². The van der Waals surface area contributed by atoms with E-state index in [1.165, 1.54) is 0 Å². The second-order valence-corrected chi connectivity index (χ2v) is 11.8. The van der Waals surface area contributed by atoms with Gasteiger partial charge in [0.2, 0.25) is 17.7 Å². The Morgan fingerprint density at radius 3 is 1.94 bits per heavy atom. The molecule has 2 rings (SSSR count). The lowest BCUT2D eigenvalue weighted by atomic mass is 9.88. The quantitative estimate of drug-likeness (QED) is 0.0664. The summed E-state index contributed by atoms with van der Waals surface area (Å²) >= 11 is 0. The fraction of sp³-hybridized carbons (Fsp3) is 0.852. The topological polar surface area (TPSA) is 364 Å². The smallest absolute Gasteiger partial charge is 0.364 e. The first-order valence-corrected chi connectivity index (χ1v) is 15.1. The van der Waals surface area contributed by atoms with Crippen molar-refractivity contribution in [2.75, 3.05) is 26.4 Å². The van der Waals surface area contributed by atoms with E-state index in [9.17, 15) is 75.3 Å². The van der Waals surface area contributed by atoms with Crippen LogP contribution in [0, 0.1) is 0 Å². The largest absolute Gasteiger partial charge is 0.477 e. The van der Waals surface area contributed by atoms with Gasteiger partial charge in [-0.1, -0.05) is 0 Å². The van der Waals surface area contributed by atoms with Crippen molar-refractivity contribution < 1.29 is 94.3 Å². The van der Waals surface area contributed by atoms with Crippen LogP contribution in [-0.4, -0.2) is 198 Å². The minimum absolute atomic E-state index is 0.744. The van der Waals surface area contributed by atoms with Gasteiger partial charge in [0.25, 0.3) is 5.79 Å². The van der Waals surface area contributed by atoms with Crippen molar-refractivity contribution in [3.63, 3.8) is 0 Å². The highest BCUT2D eigenvalue weighted by molar-refractivity contribution is 5.76. The Balaban J connectivity index is 2.42. The van der Waals surface area contributed by atoms with Crippen LogP contribution < -0.4 is 16.0 Å². The summed E-state index contributed by atoms with van der Waals surface area (Å²) < 4.78 is 22.0. The number of aliphatic hydroxyl groups is 10. The van der Waals surface area contributed by atoms with E-state index in [0.717, 1.165) is 20.8 Å². The summed E-state index contributed by atoms with van der Waals surface area (Å²) in [5.41, 5.74) is 0. The average Bonchev–Trinajstić information content (AvgIpc) is 3.03. The second-order valence-electron chi connectivity index (χ2n) is 11.8. The number of hydrogen-bond donors (Lipinski definition) is 14. The van der Waals surface area contributed by atoms with Crippen molar-refractivity contribution in [1.82, 2.24) is 16.0 Å². The molecule has 3 amide bonds. The number of aliphatic hydroxyl groups excluding tert-OH is 10. The Hall–Kier alpha value is -2.68. The van der Waals surface area contributed by atoms with Gasteiger partial charge in [0.05, 0.1) is 44.6 Å². The van der Waals surface area contributed by atoms with E-state index < -0.39 is 148 Å². The summed E-state index contributed by atoms with van der Waals surface area (Å²) in [6.07, 6.45) is -22.0. The Labute approximate surface area is 279 Å². The molecule has 2 aliphatic heterocycles. The van der Waals surface area contributed by atoms with Crippen LogP contribution in [0.15, 0.2) is 0 Å². The highest BCUT2D eigenvalue weighted by Crippen LogP contribution is 2.34. The van der Waals surface area contributed by atoms with Gasteiger partial charge in [-0.2, -0.15) is 0 Å². The van der Waals surface area contributed by atoms with Gasteiger partial charge in [-0.15, -0.1) is 0 Å². The lowest BCUT2D eigenvalue weighted by molar-refractivity contribution is -0.320. The minimum atomic E-state index is -2.92.